The Morgan fingerprint density at radius 2 is 2.09 bits per heavy atom. The molecule has 0 bridgehead atoms. The predicted octanol–water partition coefficient (Wildman–Crippen LogP) is 4.78. The van der Waals surface area contributed by atoms with Gasteiger partial charge in [-0.3, -0.25) is 4.79 Å². The molecule has 0 unspecified atom stereocenters. The summed E-state index contributed by atoms with van der Waals surface area (Å²) in [7, 11) is 1.86. The number of hydrogen-bond acceptors (Lipinski definition) is 5. The molecule has 32 heavy (non-hydrogen) atoms. The second-order valence-corrected chi connectivity index (χ2v) is 8.42. The molecule has 0 aliphatic carbocycles. The molecule has 1 aliphatic heterocycles. The zero-order valence-electron chi connectivity index (χ0n) is 18.9. The minimum absolute atomic E-state index is 0.0760. The van der Waals surface area contributed by atoms with Gasteiger partial charge in [-0.15, -0.1) is 0 Å². The normalized spacial score (nSPS) is 16.9. The van der Waals surface area contributed by atoms with E-state index in [1.54, 1.807) is 4.90 Å². The van der Waals surface area contributed by atoms with E-state index in [1.807, 2.05) is 60.1 Å². The van der Waals surface area contributed by atoms with Gasteiger partial charge >= 0.3 is 0 Å². The molecule has 2 atom stereocenters. The van der Waals surface area contributed by atoms with Gasteiger partial charge in [-0.2, -0.15) is 0 Å². The lowest BCUT2D eigenvalue weighted by Crippen LogP contribution is -2.34. The summed E-state index contributed by atoms with van der Waals surface area (Å²) in [6.45, 7) is 3.57. The number of benzene rings is 2. The second-order valence-electron chi connectivity index (χ2n) is 8.42. The zero-order chi connectivity index (χ0) is 22.5. The number of carbonyl (C=O) groups excluding carboxylic acids is 1. The Balaban J connectivity index is 1.47. The first-order valence-corrected chi connectivity index (χ1v) is 11.4. The van der Waals surface area contributed by atoms with E-state index in [4.69, 9.17) is 15.2 Å². The van der Waals surface area contributed by atoms with Crippen LogP contribution in [0.5, 0.6) is 11.5 Å². The van der Waals surface area contributed by atoms with Gasteiger partial charge in [0.25, 0.3) is 0 Å². The highest BCUT2D eigenvalue weighted by atomic mass is 16.5. The van der Waals surface area contributed by atoms with Crippen LogP contribution in [0, 0.1) is 0 Å². The third-order valence-electron chi connectivity index (χ3n) is 6.12. The Morgan fingerprint density at radius 3 is 2.81 bits per heavy atom. The number of anilines is 1. The summed E-state index contributed by atoms with van der Waals surface area (Å²) >= 11 is 0. The summed E-state index contributed by atoms with van der Waals surface area (Å²) in [5.74, 6) is 2.10. The highest BCUT2D eigenvalue weighted by molar-refractivity contribution is 5.80. The van der Waals surface area contributed by atoms with E-state index in [0.717, 1.165) is 48.4 Å². The number of carbonyl (C=O) groups is 1. The van der Waals surface area contributed by atoms with Crippen LogP contribution < -0.4 is 10.5 Å². The molecule has 2 heterocycles. The molecule has 7 heteroatoms. The van der Waals surface area contributed by atoms with E-state index in [9.17, 15) is 4.79 Å². The van der Waals surface area contributed by atoms with Crippen LogP contribution in [-0.2, 0) is 9.53 Å². The monoisotopic (exact) mass is 436 g/mol. The fourth-order valence-corrected chi connectivity index (χ4v) is 4.36. The van der Waals surface area contributed by atoms with Gasteiger partial charge in [0.1, 0.15) is 11.5 Å². The minimum Gasteiger partial charge on any atom is -0.457 e. The number of nitrogens with zero attached hydrogens (tertiary/aromatic N) is 3. The second kappa shape index (κ2) is 10.0. The molecule has 4 rings (SSSR count). The maximum atomic E-state index is 12.7. The molecule has 1 aliphatic rings. The van der Waals surface area contributed by atoms with Crippen LogP contribution in [-0.4, -0.2) is 46.7 Å². The topological polar surface area (TPSA) is 82.6 Å². The summed E-state index contributed by atoms with van der Waals surface area (Å²) in [5, 5.41) is 0. The van der Waals surface area contributed by atoms with Gasteiger partial charge in [0.2, 0.25) is 11.9 Å². The number of amides is 1. The zero-order valence-corrected chi connectivity index (χ0v) is 18.9. The average Bonchev–Trinajstić information content (AvgIpc) is 3.42. The minimum atomic E-state index is 0.0760. The number of likely N-dealkylation sites (N-methyl/N-ethyl adjacent to an activating group) is 1. The molecule has 1 amide bonds. The quantitative estimate of drug-likeness (QED) is 0.522. The molecule has 1 saturated heterocycles. The Kier molecular flexibility index (Phi) is 6.95. The first-order chi connectivity index (χ1) is 15.5. The molecule has 0 saturated carbocycles. The molecule has 2 aromatic carbocycles. The summed E-state index contributed by atoms with van der Waals surface area (Å²) < 4.78 is 13.7. The number of para-hydroxylation sites is 1. The van der Waals surface area contributed by atoms with Gasteiger partial charge in [0, 0.05) is 38.7 Å². The van der Waals surface area contributed by atoms with Gasteiger partial charge in [0.15, 0.2) is 0 Å². The van der Waals surface area contributed by atoms with Crippen molar-refractivity contribution in [3.05, 3.63) is 48.5 Å². The van der Waals surface area contributed by atoms with Crippen molar-refractivity contribution in [1.82, 2.24) is 14.5 Å². The number of rotatable bonds is 9. The summed E-state index contributed by atoms with van der Waals surface area (Å²) in [6.07, 6.45) is 4.28. The lowest BCUT2D eigenvalue weighted by Gasteiger charge is -2.23. The first-order valence-electron chi connectivity index (χ1n) is 11.4. The summed E-state index contributed by atoms with van der Waals surface area (Å²) in [6, 6.07) is 15.5. The van der Waals surface area contributed by atoms with Crippen molar-refractivity contribution < 1.29 is 14.3 Å². The van der Waals surface area contributed by atoms with Crippen molar-refractivity contribution in [2.45, 2.75) is 51.2 Å². The predicted molar refractivity (Wildman–Crippen MR) is 126 cm³/mol. The van der Waals surface area contributed by atoms with Crippen LogP contribution >= 0.6 is 0 Å². The maximum Gasteiger partial charge on any atom is 0.222 e. The SMILES string of the molecule is CC[C@H](CCC(=O)N(C)C[C@@H]1CCCO1)n1c(N)nc2ccc(Oc3ccccc3)cc21. The summed E-state index contributed by atoms with van der Waals surface area (Å²) in [5.41, 5.74) is 8.05. The van der Waals surface area contributed by atoms with E-state index >= 15 is 0 Å². The van der Waals surface area contributed by atoms with Crippen LogP contribution in [0.25, 0.3) is 11.0 Å². The maximum absolute atomic E-state index is 12.7. The number of hydrogen-bond donors (Lipinski definition) is 1. The lowest BCUT2D eigenvalue weighted by atomic mass is 10.1. The number of imidazole rings is 1. The average molecular weight is 437 g/mol. The largest absolute Gasteiger partial charge is 0.457 e. The van der Waals surface area contributed by atoms with E-state index in [2.05, 4.69) is 11.9 Å². The van der Waals surface area contributed by atoms with Crippen molar-refractivity contribution in [1.29, 1.82) is 0 Å². The van der Waals surface area contributed by atoms with E-state index in [0.29, 0.717) is 25.3 Å². The van der Waals surface area contributed by atoms with Crippen LogP contribution in [0.2, 0.25) is 0 Å². The standard InChI is InChI=1S/C25H32N4O3/c1-3-18(11-14-24(30)28(2)17-21-10-7-15-31-21)29-23-16-20(12-13-22(23)27-25(29)26)32-19-8-5-4-6-9-19/h4-6,8-9,12-13,16,18,21H,3,7,10-11,14-15,17H2,1-2H3,(H2,26,27)/t18-,21+/m1/s1. The van der Waals surface area contributed by atoms with Crippen molar-refractivity contribution >= 4 is 22.9 Å². The van der Waals surface area contributed by atoms with Crippen molar-refractivity contribution in [2.24, 2.45) is 0 Å². The molecule has 1 fully saturated rings. The van der Waals surface area contributed by atoms with Crippen molar-refractivity contribution in [2.75, 3.05) is 25.9 Å². The Labute approximate surface area is 189 Å². The molecule has 0 spiro atoms. The molecule has 3 aromatic rings. The molecule has 2 N–H and O–H groups in total. The van der Waals surface area contributed by atoms with E-state index < -0.39 is 0 Å². The van der Waals surface area contributed by atoms with Gasteiger partial charge in [-0.05, 0) is 49.9 Å². The number of nitrogens with two attached hydrogens (primary N) is 1. The van der Waals surface area contributed by atoms with E-state index in [-0.39, 0.29) is 18.1 Å². The first kappa shape index (κ1) is 22.1. The van der Waals surface area contributed by atoms with Gasteiger partial charge in [-0.1, -0.05) is 25.1 Å². The Morgan fingerprint density at radius 1 is 1.28 bits per heavy atom. The highest BCUT2D eigenvalue weighted by Crippen LogP contribution is 2.32. The molecule has 0 radical (unpaired) electrons. The van der Waals surface area contributed by atoms with Gasteiger partial charge < -0.3 is 24.7 Å². The molecular formula is C25H32N4O3. The van der Waals surface area contributed by atoms with Crippen LogP contribution in [0.15, 0.2) is 48.5 Å². The molecular weight excluding hydrogens is 404 g/mol. The molecule has 170 valence electrons. The van der Waals surface area contributed by atoms with Gasteiger partial charge in [0.05, 0.1) is 17.1 Å². The number of ether oxygens (including phenoxy) is 2. The Hall–Kier alpha value is -3.06. The third-order valence-corrected chi connectivity index (χ3v) is 6.12. The van der Waals surface area contributed by atoms with E-state index in [1.165, 1.54) is 0 Å². The molecule has 7 nitrogen and oxygen atoms in total. The summed E-state index contributed by atoms with van der Waals surface area (Å²) in [4.78, 5) is 19.1. The number of fused-ring (bicyclic) bond motifs is 1. The van der Waals surface area contributed by atoms with Crippen LogP contribution in [0.3, 0.4) is 0 Å². The molecule has 1 aromatic heterocycles. The fourth-order valence-electron chi connectivity index (χ4n) is 4.36. The number of nitrogen functional groups attached to an aromatic ring is 1. The van der Waals surface area contributed by atoms with Crippen LogP contribution in [0.1, 0.15) is 45.1 Å². The van der Waals surface area contributed by atoms with Crippen molar-refractivity contribution in [3.63, 3.8) is 0 Å². The number of aromatic nitrogens is 2. The Bertz CT molecular complexity index is 1040. The van der Waals surface area contributed by atoms with Gasteiger partial charge in [-0.25, -0.2) is 4.98 Å². The fraction of sp³-hybridized carbons (Fsp3) is 0.440. The third kappa shape index (κ3) is 5.05. The highest BCUT2D eigenvalue weighted by Gasteiger charge is 2.22. The smallest absolute Gasteiger partial charge is 0.222 e. The van der Waals surface area contributed by atoms with Crippen molar-refractivity contribution in [3.8, 4) is 11.5 Å². The van der Waals surface area contributed by atoms with Crippen LogP contribution in [0.4, 0.5) is 5.95 Å². The lowest BCUT2D eigenvalue weighted by molar-refractivity contribution is -0.131.